The van der Waals surface area contributed by atoms with Gasteiger partial charge in [-0.15, -0.1) is 0 Å². The van der Waals surface area contributed by atoms with Crippen LogP contribution in [0.4, 0.5) is 13.2 Å². The quantitative estimate of drug-likeness (QED) is 0.373. The Morgan fingerprint density at radius 3 is 2.24 bits per heavy atom. The van der Waals surface area contributed by atoms with Gasteiger partial charge in [0.25, 0.3) is 0 Å². The number of rotatable bonds is 3. The van der Waals surface area contributed by atoms with Crippen LogP contribution in [0.15, 0.2) is 22.9 Å². The van der Waals surface area contributed by atoms with Crippen molar-refractivity contribution in [2.24, 2.45) is 5.16 Å². The molecule has 5 heteroatoms. The van der Waals surface area contributed by atoms with Gasteiger partial charge in [0.15, 0.2) is 17.5 Å². The van der Waals surface area contributed by atoms with E-state index in [4.69, 9.17) is 5.21 Å². The van der Waals surface area contributed by atoms with Crippen molar-refractivity contribution in [3.63, 3.8) is 0 Å². The zero-order valence-corrected chi connectivity index (χ0v) is 9.47. The molecule has 1 aromatic rings. The van der Waals surface area contributed by atoms with Crippen LogP contribution in [0.2, 0.25) is 0 Å². The van der Waals surface area contributed by atoms with Crippen LogP contribution in [0.1, 0.15) is 25.8 Å². The Hall–Kier alpha value is -1.78. The molecular formula is C12H12F3NO. The third kappa shape index (κ3) is 3.09. The molecule has 0 saturated heterocycles. The number of benzene rings is 1. The first kappa shape index (κ1) is 13.3. The van der Waals surface area contributed by atoms with Crippen molar-refractivity contribution < 1.29 is 18.4 Å². The summed E-state index contributed by atoms with van der Waals surface area (Å²) in [5.74, 6) is -3.99. The van der Waals surface area contributed by atoms with E-state index in [2.05, 4.69) is 5.16 Å². The van der Waals surface area contributed by atoms with E-state index in [1.165, 1.54) is 6.08 Å². The van der Waals surface area contributed by atoms with Gasteiger partial charge in [-0.3, -0.25) is 0 Å². The summed E-state index contributed by atoms with van der Waals surface area (Å²) in [7, 11) is 0. The maximum absolute atomic E-state index is 12.9. The van der Waals surface area contributed by atoms with Crippen molar-refractivity contribution in [3.05, 3.63) is 40.7 Å². The molecule has 1 N–H and O–H groups in total. The maximum Gasteiger partial charge on any atom is 0.194 e. The molecule has 0 aromatic heterocycles. The van der Waals surface area contributed by atoms with E-state index in [1.54, 1.807) is 13.8 Å². The van der Waals surface area contributed by atoms with Crippen molar-refractivity contribution in [3.8, 4) is 0 Å². The molecule has 0 bridgehead atoms. The molecule has 0 amide bonds. The monoisotopic (exact) mass is 243 g/mol. The number of nitrogens with zero attached hydrogens (tertiary/aromatic N) is 1. The standard InChI is InChI=1S/C12H12F3NO/c1-3-11(16-17)7(2)4-8-5-9(13)12(15)10(14)6-8/h4-6,17H,3H2,1-2H3/b7-4+,16-11?. The van der Waals surface area contributed by atoms with E-state index in [9.17, 15) is 13.2 Å². The summed E-state index contributed by atoms with van der Waals surface area (Å²) in [6.07, 6.45) is 1.90. The summed E-state index contributed by atoms with van der Waals surface area (Å²) in [5, 5.41) is 11.7. The lowest BCUT2D eigenvalue weighted by Gasteiger charge is -2.03. The predicted molar refractivity (Wildman–Crippen MR) is 59.5 cm³/mol. The van der Waals surface area contributed by atoms with E-state index in [1.807, 2.05) is 0 Å². The first-order valence-corrected chi connectivity index (χ1v) is 5.03. The molecule has 17 heavy (non-hydrogen) atoms. The molecule has 0 aliphatic heterocycles. The van der Waals surface area contributed by atoms with Gasteiger partial charge in [-0.25, -0.2) is 13.2 Å². The maximum atomic E-state index is 12.9. The first-order chi connectivity index (χ1) is 7.99. The van der Waals surface area contributed by atoms with Crippen LogP contribution >= 0.6 is 0 Å². The van der Waals surface area contributed by atoms with E-state index < -0.39 is 17.5 Å². The van der Waals surface area contributed by atoms with Gasteiger partial charge in [-0.1, -0.05) is 12.1 Å². The molecule has 0 atom stereocenters. The van der Waals surface area contributed by atoms with Crippen molar-refractivity contribution in [1.82, 2.24) is 0 Å². The number of hydrogen-bond donors (Lipinski definition) is 1. The number of oxime groups is 1. The van der Waals surface area contributed by atoms with E-state index >= 15 is 0 Å². The van der Waals surface area contributed by atoms with Crippen molar-refractivity contribution in [1.29, 1.82) is 0 Å². The summed E-state index contributed by atoms with van der Waals surface area (Å²) in [6, 6.07) is 1.76. The van der Waals surface area contributed by atoms with Crippen LogP contribution in [0, 0.1) is 17.5 Å². The highest BCUT2D eigenvalue weighted by Crippen LogP contribution is 2.16. The second kappa shape index (κ2) is 5.52. The molecule has 1 rings (SSSR count). The Labute approximate surface area is 97.1 Å². The van der Waals surface area contributed by atoms with Gasteiger partial charge in [0.2, 0.25) is 0 Å². The fraction of sp³-hybridized carbons (Fsp3) is 0.250. The minimum absolute atomic E-state index is 0.175. The summed E-state index contributed by atoms with van der Waals surface area (Å²) in [4.78, 5) is 0. The second-order valence-corrected chi connectivity index (χ2v) is 3.53. The van der Waals surface area contributed by atoms with E-state index in [0.29, 0.717) is 17.7 Å². The molecule has 0 aliphatic carbocycles. The predicted octanol–water partition coefficient (Wildman–Crippen LogP) is 3.75. The third-order valence-corrected chi connectivity index (χ3v) is 2.30. The van der Waals surface area contributed by atoms with Gasteiger partial charge < -0.3 is 5.21 Å². The van der Waals surface area contributed by atoms with Crippen molar-refractivity contribution in [2.75, 3.05) is 0 Å². The number of allylic oxidation sites excluding steroid dienone is 1. The fourth-order valence-corrected chi connectivity index (χ4v) is 1.42. The van der Waals surface area contributed by atoms with Crippen LogP contribution in [-0.4, -0.2) is 10.9 Å². The summed E-state index contributed by atoms with van der Waals surface area (Å²) in [6.45, 7) is 3.41. The highest BCUT2D eigenvalue weighted by Gasteiger charge is 2.10. The van der Waals surface area contributed by atoms with Crippen LogP contribution in [0.5, 0.6) is 0 Å². The smallest absolute Gasteiger partial charge is 0.194 e. The molecule has 0 heterocycles. The summed E-state index contributed by atoms with van der Waals surface area (Å²) >= 11 is 0. The molecule has 92 valence electrons. The van der Waals surface area contributed by atoms with Gasteiger partial charge in [0.05, 0.1) is 5.71 Å². The lowest BCUT2D eigenvalue weighted by molar-refractivity contribution is 0.318. The molecule has 0 aliphatic rings. The summed E-state index contributed by atoms with van der Waals surface area (Å²) in [5.41, 5.74) is 1.13. The van der Waals surface area contributed by atoms with Crippen LogP contribution in [0.3, 0.4) is 0 Å². The average molecular weight is 243 g/mol. The van der Waals surface area contributed by atoms with Crippen LogP contribution < -0.4 is 0 Å². The number of halogens is 3. The molecule has 0 spiro atoms. The van der Waals surface area contributed by atoms with E-state index in [-0.39, 0.29) is 5.56 Å². The highest BCUT2D eigenvalue weighted by atomic mass is 19.2. The Morgan fingerprint density at radius 1 is 1.29 bits per heavy atom. The van der Waals surface area contributed by atoms with Gasteiger partial charge in [-0.05, 0) is 42.7 Å². The van der Waals surface area contributed by atoms with Crippen LogP contribution in [-0.2, 0) is 0 Å². The Bertz CT molecular complexity index is 458. The molecule has 0 saturated carbocycles. The summed E-state index contributed by atoms with van der Waals surface area (Å²) < 4.78 is 38.6. The Kier molecular flexibility index (Phi) is 4.31. The molecular weight excluding hydrogens is 231 g/mol. The number of hydrogen-bond acceptors (Lipinski definition) is 2. The zero-order valence-electron chi connectivity index (χ0n) is 9.47. The molecule has 1 aromatic carbocycles. The molecule has 0 unspecified atom stereocenters. The molecule has 0 fully saturated rings. The lowest BCUT2D eigenvalue weighted by atomic mass is 10.1. The van der Waals surface area contributed by atoms with Crippen molar-refractivity contribution >= 4 is 11.8 Å². The average Bonchev–Trinajstić information content (AvgIpc) is 2.27. The van der Waals surface area contributed by atoms with Gasteiger partial charge in [-0.2, -0.15) is 0 Å². The first-order valence-electron chi connectivity index (χ1n) is 5.03. The van der Waals surface area contributed by atoms with Gasteiger partial charge >= 0.3 is 0 Å². The fourth-order valence-electron chi connectivity index (χ4n) is 1.42. The zero-order chi connectivity index (χ0) is 13.0. The minimum Gasteiger partial charge on any atom is -0.411 e. The van der Waals surface area contributed by atoms with Crippen LogP contribution in [0.25, 0.3) is 6.08 Å². The minimum atomic E-state index is -1.49. The SMILES string of the molecule is CCC(=NO)/C(C)=C/c1cc(F)c(F)c(F)c1. The second-order valence-electron chi connectivity index (χ2n) is 3.53. The molecule has 0 radical (unpaired) electrons. The van der Waals surface area contributed by atoms with E-state index in [0.717, 1.165) is 12.1 Å². The normalized spacial score (nSPS) is 13.0. The van der Waals surface area contributed by atoms with Gasteiger partial charge in [0.1, 0.15) is 0 Å². The van der Waals surface area contributed by atoms with Gasteiger partial charge in [0, 0.05) is 0 Å². The Morgan fingerprint density at radius 2 is 1.82 bits per heavy atom. The topological polar surface area (TPSA) is 32.6 Å². The molecule has 2 nitrogen and oxygen atoms in total. The van der Waals surface area contributed by atoms with Crippen molar-refractivity contribution in [2.45, 2.75) is 20.3 Å². The third-order valence-electron chi connectivity index (χ3n) is 2.30. The highest BCUT2D eigenvalue weighted by molar-refractivity contribution is 6.02. The Balaban J connectivity index is 3.15. The lowest BCUT2D eigenvalue weighted by Crippen LogP contribution is -1.98. The largest absolute Gasteiger partial charge is 0.411 e.